The Morgan fingerprint density at radius 1 is 1.36 bits per heavy atom. The lowest BCUT2D eigenvalue weighted by atomic mass is 10.2. The van der Waals surface area contributed by atoms with Crippen LogP contribution in [0.15, 0.2) is 48.1 Å². The second-order valence-corrected chi connectivity index (χ2v) is 2.39. The van der Waals surface area contributed by atoms with Crippen LogP contribution in [0.4, 0.5) is 0 Å². The smallest absolute Gasteiger partial charge is 0.198 e. The van der Waals surface area contributed by atoms with E-state index in [0.717, 1.165) is 5.56 Å². The van der Waals surface area contributed by atoms with Crippen LogP contribution in [0.25, 0.3) is 0 Å². The summed E-state index contributed by atoms with van der Waals surface area (Å²) in [6.45, 7) is 3.50. The Morgan fingerprint density at radius 3 is 2.57 bits per heavy atom. The van der Waals surface area contributed by atoms with E-state index in [4.69, 9.17) is 5.73 Å². The molecular weight excluding hydrogens is 289 g/mol. The van der Waals surface area contributed by atoms with Gasteiger partial charge < -0.3 is 29.7 Å². The zero-order valence-electron chi connectivity index (χ0n) is 7.65. The summed E-state index contributed by atoms with van der Waals surface area (Å²) in [7, 11) is 0. The molecule has 0 atom stereocenters. The Bertz CT molecular complexity index is 330. The van der Waals surface area contributed by atoms with Crippen molar-refractivity contribution in [1.82, 2.24) is 0 Å². The lowest BCUT2D eigenvalue weighted by molar-refractivity contribution is -0.456. The van der Waals surface area contributed by atoms with Crippen LogP contribution < -0.4 is 34.8 Å². The van der Waals surface area contributed by atoms with Crippen molar-refractivity contribution in [3.63, 3.8) is 0 Å². The number of nitrogens with zero attached hydrogens (tertiary/aromatic N) is 1. The summed E-state index contributed by atoms with van der Waals surface area (Å²) < 4.78 is 0. The van der Waals surface area contributed by atoms with E-state index in [2.05, 4.69) is 16.8 Å². The van der Waals surface area contributed by atoms with Gasteiger partial charge in [0.2, 0.25) is 0 Å². The van der Waals surface area contributed by atoms with Gasteiger partial charge in [-0.3, -0.25) is 0 Å². The number of nitrogens with two attached hydrogens (primary N) is 1. The highest BCUT2D eigenvalue weighted by atomic mass is 127. The van der Waals surface area contributed by atoms with Crippen LogP contribution in [0.3, 0.4) is 0 Å². The molecule has 0 aliphatic rings. The third kappa shape index (κ3) is 4.18. The molecule has 0 saturated heterocycles. The number of rotatable bonds is 3. The molecule has 0 aromatic heterocycles. The molecule has 0 heterocycles. The van der Waals surface area contributed by atoms with E-state index < -0.39 is 0 Å². The fraction of sp³-hybridized carbons (Fsp3) is 0. The minimum Gasteiger partial charge on any atom is -1.00 e. The van der Waals surface area contributed by atoms with Gasteiger partial charge in [0.15, 0.2) is 12.1 Å². The predicted octanol–water partition coefficient (Wildman–Crippen LogP) is -3.35. The first kappa shape index (κ1) is 12.8. The number of allylic oxidation sites excluding steroid dienone is 1. The van der Waals surface area contributed by atoms with Gasteiger partial charge in [0.1, 0.15) is 0 Å². The standard InChI is InChI=1S/C10H11N3.HI/c1-2-8-12-13-10(11)9-6-4-3-5-7-9;/h2-8H,1H2,(H2,11,13);1H/b12-8+;. The minimum absolute atomic E-state index is 0. The first-order valence-corrected chi connectivity index (χ1v) is 3.93. The molecular formula is C10H12IN3. The number of amidine groups is 1. The highest BCUT2D eigenvalue weighted by molar-refractivity contribution is 5.96. The molecule has 0 unspecified atom stereocenters. The molecule has 4 heteroatoms. The Hall–Kier alpha value is -1.17. The van der Waals surface area contributed by atoms with E-state index in [1.165, 1.54) is 0 Å². The van der Waals surface area contributed by atoms with Gasteiger partial charge in [-0.2, -0.15) is 0 Å². The number of nitrogens with one attached hydrogen (secondary N) is 1. The number of benzene rings is 1. The normalized spacial score (nSPS) is 11.0. The molecule has 74 valence electrons. The second kappa shape index (κ2) is 7.25. The van der Waals surface area contributed by atoms with Crippen molar-refractivity contribution < 1.29 is 29.1 Å². The Morgan fingerprint density at radius 2 is 2.00 bits per heavy atom. The molecule has 0 bridgehead atoms. The molecule has 0 amide bonds. The topological polar surface area (TPSA) is 52.3 Å². The molecule has 1 rings (SSSR count). The number of hydrazone groups is 1. The third-order valence-electron chi connectivity index (χ3n) is 1.45. The van der Waals surface area contributed by atoms with Gasteiger partial charge in [0.05, 0.1) is 0 Å². The third-order valence-corrected chi connectivity index (χ3v) is 1.45. The molecule has 3 nitrogen and oxygen atoms in total. The van der Waals surface area contributed by atoms with Gasteiger partial charge in [-0.25, -0.2) is 0 Å². The first-order valence-electron chi connectivity index (χ1n) is 3.93. The van der Waals surface area contributed by atoms with Crippen LogP contribution in [-0.2, 0) is 0 Å². The predicted molar refractivity (Wildman–Crippen MR) is 54.4 cm³/mol. The fourth-order valence-corrected chi connectivity index (χ4v) is 0.833. The summed E-state index contributed by atoms with van der Waals surface area (Å²) in [6, 6.07) is 9.55. The van der Waals surface area contributed by atoms with Gasteiger partial charge in [-0.15, -0.1) is 5.10 Å². The number of hydrogen-bond acceptors (Lipinski definition) is 1. The van der Waals surface area contributed by atoms with Crippen molar-refractivity contribution in [2.24, 2.45) is 10.8 Å². The summed E-state index contributed by atoms with van der Waals surface area (Å²) in [5, 5.41) is 6.55. The quantitative estimate of drug-likeness (QED) is 0.261. The zero-order valence-corrected chi connectivity index (χ0v) is 9.81. The largest absolute Gasteiger partial charge is 1.00 e. The molecule has 3 N–H and O–H groups in total. The van der Waals surface area contributed by atoms with Gasteiger partial charge in [-0.1, -0.05) is 36.9 Å². The lowest BCUT2D eigenvalue weighted by Crippen LogP contribution is -3.00. The summed E-state index contributed by atoms with van der Waals surface area (Å²) in [6.07, 6.45) is 3.21. The second-order valence-electron chi connectivity index (χ2n) is 2.39. The van der Waals surface area contributed by atoms with E-state index in [9.17, 15) is 0 Å². The van der Waals surface area contributed by atoms with Crippen molar-refractivity contribution in [3.05, 3.63) is 48.6 Å². The minimum atomic E-state index is 0. The lowest BCUT2D eigenvalue weighted by Gasteiger charge is -1.93. The molecule has 1 aromatic rings. The average molecular weight is 301 g/mol. The Kier molecular flexibility index (Phi) is 6.65. The van der Waals surface area contributed by atoms with E-state index in [0.29, 0.717) is 5.84 Å². The van der Waals surface area contributed by atoms with Crippen molar-refractivity contribution in [1.29, 1.82) is 0 Å². The number of halogens is 1. The zero-order chi connectivity index (χ0) is 9.52. The van der Waals surface area contributed by atoms with Crippen LogP contribution in [0.2, 0.25) is 0 Å². The maximum atomic E-state index is 5.67. The highest BCUT2D eigenvalue weighted by Crippen LogP contribution is 1.95. The molecule has 0 aliphatic carbocycles. The summed E-state index contributed by atoms with van der Waals surface area (Å²) >= 11 is 0. The summed E-state index contributed by atoms with van der Waals surface area (Å²) in [5.41, 5.74) is 6.56. The Labute approximate surface area is 100 Å². The van der Waals surface area contributed by atoms with Crippen molar-refractivity contribution >= 4 is 12.1 Å². The molecule has 0 radical (unpaired) electrons. The van der Waals surface area contributed by atoms with E-state index in [-0.39, 0.29) is 24.0 Å². The van der Waals surface area contributed by atoms with E-state index in [1.807, 2.05) is 30.3 Å². The molecule has 0 spiro atoms. The first-order chi connectivity index (χ1) is 6.34. The molecule has 0 saturated carbocycles. The van der Waals surface area contributed by atoms with Gasteiger partial charge in [0.25, 0.3) is 0 Å². The maximum absolute atomic E-state index is 5.67. The van der Waals surface area contributed by atoms with Gasteiger partial charge in [0, 0.05) is 10.7 Å². The van der Waals surface area contributed by atoms with Crippen LogP contribution >= 0.6 is 0 Å². The van der Waals surface area contributed by atoms with Crippen molar-refractivity contribution in [2.45, 2.75) is 0 Å². The highest BCUT2D eigenvalue weighted by Gasteiger charge is 1.96. The Balaban J connectivity index is 0.00000169. The van der Waals surface area contributed by atoms with Crippen LogP contribution in [-0.4, -0.2) is 12.1 Å². The van der Waals surface area contributed by atoms with E-state index >= 15 is 0 Å². The summed E-state index contributed by atoms with van der Waals surface area (Å²) in [5.74, 6) is 0.457. The van der Waals surface area contributed by atoms with Crippen LogP contribution in [0, 0.1) is 0 Å². The van der Waals surface area contributed by atoms with Gasteiger partial charge >= 0.3 is 0 Å². The van der Waals surface area contributed by atoms with Crippen LogP contribution in [0.5, 0.6) is 0 Å². The average Bonchev–Trinajstić information content (AvgIpc) is 2.19. The monoisotopic (exact) mass is 301 g/mol. The maximum Gasteiger partial charge on any atom is 0.198 e. The fourth-order valence-electron chi connectivity index (χ4n) is 0.833. The molecule has 0 fully saturated rings. The molecule has 1 aromatic carbocycles. The van der Waals surface area contributed by atoms with Crippen LogP contribution in [0.1, 0.15) is 5.56 Å². The van der Waals surface area contributed by atoms with Crippen molar-refractivity contribution in [3.8, 4) is 0 Å². The molecule has 0 aliphatic heterocycles. The van der Waals surface area contributed by atoms with Gasteiger partial charge in [-0.05, 0) is 6.08 Å². The summed E-state index contributed by atoms with van der Waals surface area (Å²) in [4.78, 5) is 0. The molecule has 14 heavy (non-hydrogen) atoms. The SMILES string of the molecule is C=C/C=[NH+]/N=C(\N)c1ccccc1.[I-]. The van der Waals surface area contributed by atoms with E-state index in [1.54, 1.807) is 12.3 Å². The van der Waals surface area contributed by atoms with Crippen molar-refractivity contribution in [2.75, 3.05) is 0 Å². The number of hydrogen-bond donors (Lipinski definition) is 2.